The molecule has 0 saturated heterocycles. The Balaban J connectivity index is 1.54. The normalized spacial score (nSPS) is 10.7. The molecular formula is C20H22N2O2. The van der Waals surface area contributed by atoms with Crippen molar-refractivity contribution >= 4 is 10.9 Å². The quantitative estimate of drug-likeness (QED) is 0.575. The van der Waals surface area contributed by atoms with Crippen LogP contribution < -0.4 is 9.47 Å². The van der Waals surface area contributed by atoms with E-state index in [-0.39, 0.29) is 0 Å². The molecule has 0 aliphatic rings. The van der Waals surface area contributed by atoms with Crippen LogP contribution in [0.4, 0.5) is 0 Å². The van der Waals surface area contributed by atoms with Gasteiger partial charge in [-0.05, 0) is 36.2 Å². The number of hydrogen-bond donors (Lipinski definition) is 0. The summed E-state index contributed by atoms with van der Waals surface area (Å²) in [5.74, 6) is 1.56. The lowest BCUT2D eigenvalue weighted by Crippen LogP contribution is -2.03. The fraction of sp³-hybridized carbons (Fsp3) is 0.300. The van der Waals surface area contributed by atoms with Gasteiger partial charge in [-0.1, -0.05) is 37.6 Å². The van der Waals surface area contributed by atoms with E-state index in [0.717, 1.165) is 42.5 Å². The molecule has 0 aliphatic heterocycles. The molecule has 124 valence electrons. The summed E-state index contributed by atoms with van der Waals surface area (Å²) in [5.41, 5.74) is 2.12. The van der Waals surface area contributed by atoms with Gasteiger partial charge < -0.3 is 9.47 Å². The molecule has 4 heteroatoms. The zero-order valence-corrected chi connectivity index (χ0v) is 13.9. The summed E-state index contributed by atoms with van der Waals surface area (Å²) < 4.78 is 11.5. The van der Waals surface area contributed by atoms with E-state index in [0.29, 0.717) is 12.5 Å². The van der Waals surface area contributed by atoms with Crippen molar-refractivity contribution in [2.24, 2.45) is 0 Å². The summed E-state index contributed by atoms with van der Waals surface area (Å²) in [6.45, 7) is 3.52. The number of ether oxygens (including phenoxy) is 2. The summed E-state index contributed by atoms with van der Waals surface area (Å²) in [6, 6.07) is 16.1. The van der Waals surface area contributed by atoms with Crippen LogP contribution in [0.5, 0.6) is 11.6 Å². The Hall–Kier alpha value is -2.62. The molecule has 0 amide bonds. The average molecular weight is 322 g/mol. The molecule has 1 aromatic heterocycles. The molecule has 2 aromatic carbocycles. The van der Waals surface area contributed by atoms with Gasteiger partial charge in [-0.3, -0.25) is 0 Å². The fourth-order valence-electron chi connectivity index (χ4n) is 2.45. The predicted octanol–water partition coefficient (Wildman–Crippen LogP) is 4.43. The lowest BCUT2D eigenvalue weighted by Gasteiger charge is -2.09. The molecule has 0 fully saturated rings. The van der Waals surface area contributed by atoms with E-state index in [1.807, 2.05) is 36.4 Å². The first-order valence-electron chi connectivity index (χ1n) is 8.41. The first kappa shape index (κ1) is 16.2. The number of rotatable bonds is 8. The minimum atomic E-state index is 0.580. The van der Waals surface area contributed by atoms with Crippen LogP contribution >= 0.6 is 0 Å². The second-order valence-corrected chi connectivity index (χ2v) is 5.64. The molecule has 0 aliphatic carbocycles. The molecular weight excluding hydrogens is 300 g/mol. The summed E-state index contributed by atoms with van der Waals surface area (Å²) in [5, 5.41) is 0.944. The molecule has 0 bridgehead atoms. The van der Waals surface area contributed by atoms with Crippen molar-refractivity contribution in [3.05, 3.63) is 60.4 Å². The third-order valence-corrected chi connectivity index (χ3v) is 3.83. The maximum absolute atomic E-state index is 5.85. The standard InChI is InChI=1S/C20H22N2O2/c1-2-3-13-23-17-10-8-16(9-11-17)12-14-24-20-18-6-4-5-7-19(18)21-15-22-20/h4-11,15H,2-3,12-14H2,1H3. The van der Waals surface area contributed by atoms with Gasteiger partial charge in [-0.15, -0.1) is 0 Å². The minimum absolute atomic E-state index is 0.580. The Morgan fingerprint density at radius 3 is 2.54 bits per heavy atom. The van der Waals surface area contributed by atoms with E-state index in [9.17, 15) is 0 Å². The van der Waals surface area contributed by atoms with E-state index >= 15 is 0 Å². The zero-order chi connectivity index (χ0) is 16.6. The zero-order valence-electron chi connectivity index (χ0n) is 13.9. The summed E-state index contributed by atoms with van der Waals surface area (Å²) in [4.78, 5) is 8.48. The molecule has 3 aromatic rings. The van der Waals surface area contributed by atoms with Crippen molar-refractivity contribution in [1.29, 1.82) is 0 Å². The van der Waals surface area contributed by atoms with Gasteiger partial charge in [0, 0.05) is 6.42 Å². The summed E-state index contributed by atoms with van der Waals surface area (Å²) in [6.07, 6.45) is 4.60. The predicted molar refractivity (Wildman–Crippen MR) is 95.6 cm³/mol. The van der Waals surface area contributed by atoms with Crippen LogP contribution in [0.25, 0.3) is 10.9 Å². The van der Waals surface area contributed by atoms with Gasteiger partial charge in [0.2, 0.25) is 5.88 Å². The third-order valence-electron chi connectivity index (χ3n) is 3.83. The molecule has 0 atom stereocenters. The SMILES string of the molecule is CCCCOc1ccc(CCOc2ncnc3ccccc23)cc1. The highest BCUT2D eigenvalue weighted by Gasteiger charge is 2.04. The maximum atomic E-state index is 5.85. The van der Waals surface area contributed by atoms with Gasteiger partial charge in [-0.25, -0.2) is 9.97 Å². The van der Waals surface area contributed by atoms with E-state index in [1.165, 1.54) is 5.56 Å². The van der Waals surface area contributed by atoms with Crippen LogP contribution in [-0.4, -0.2) is 23.2 Å². The maximum Gasteiger partial charge on any atom is 0.224 e. The summed E-state index contributed by atoms with van der Waals surface area (Å²) in [7, 11) is 0. The Morgan fingerprint density at radius 1 is 0.875 bits per heavy atom. The van der Waals surface area contributed by atoms with Crippen molar-refractivity contribution in [2.45, 2.75) is 26.2 Å². The molecule has 0 unspecified atom stereocenters. The monoisotopic (exact) mass is 322 g/mol. The molecule has 4 nitrogen and oxygen atoms in total. The van der Waals surface area contributed by atoms with Gasteiger partial charge in [0.15, 0.2) is 0 Å². The van der Waals surface area contributed by atoms with Crippen molar-refractivity contribution in [3.63, 3.8) is 0 Å². The Kier molecular flexibility index (Phi) is 5.61. The van der Waals surface area contributed by atoms with Gasteiger partial charge in [0.25, 0.3) is 0 Å². The molecule has 24 heavy (non-hydrogen) atoms. The Morgan fingerprint density at radius 2 is 1.71 bits per heavy atom. The highest BCUT2D eigenvalue weighted by molar-refractivity contribution is 5.82. The number of benzene rings is 2. The first-order valence-corrected chi connectivity index (χ1v) is 8.41. The van der Waals surface area contributed by atoms with Crippen LogP contribution in [-0.2, 0) is 6.42 Å². The van der Waals surface area contributed by atoms with Crippen molar-refractivity contribution in [2.75, 3.05) is 13.2 Å². The van der Waals surface area contributed by atoms with Crippen LogP contribution in [0.2, 0.25) is 0 Å². The number of aromatic nitrogens is 2. The largest absolute Gasteiger partial charge is 0.494 e. The lowest BCUT2D eigenvalue weighted by atomic mass is 10.1. The second-order valence-electron chi connectivity index (χ2n) is 5.64. The van der Waals surface area contributed by atoms with Crippen LogP contribution in [0.1, 0.15) is 25.3 Å². The summed E-state index contributed by atoms with van der Waals surface area (Å²) >= 11 is 0. The molecule has 0 spiro atoms. The first-order chi connectivity index (χ1) is 11.9. The lowest BCUT2D eigenvalue weighted by molar-refractivity contribution is 0.307. The Bertz CT molecular complexity index is 767. The minimum Gasteiger partial charge on any atom is -0.494 e. The van der Waals surface area contributed by atoms with E-state index in [4.69, 9.17) is 9.47 Å². The Labute approximate surface area is 142 Å². The van der Waals surface area contributed by atoms with Gasteiger partial charge in [0.05, 0.1) is 24.1 Å². The third kappa shape index (κ3) is 4.22. The molecule has 3 rings (SSSR count). The molecule has 0 N–H and O–H groups in total. The molecule has 0 saturated carbocycles. The number of unbranched alkanes of at least 4 members (excludes halogenated alkanes) is 1. The number of fused-ring (bicyclic) bond motifs is 1. The fourth-order valence-corrected chi connectivity index (χ4v) is 2.45. The van der Waals surface area contributed by atoms with E-state index in [2.05, 4.69) is 29.0 Å². The number of hydrogen-bond acceptors (Lipinski definition) is 4. The van der Waals surface area contributed by atoms with Crippen molar-refractivity contribution < 1.29 is 9.47 Å². The van der Waals surface area contributed by atoms with Crippen LogP contribution in [0.3, 0.4) is 0 Å². The highest BCUT2D eigenvalue weighted by Crippen LogP contribution is 2.21. The van der Waals surface area contributed by atoms with Gasteiger partial charge in [-0.2, -0.15) is 0 Å². The molecule has 1 heterocycles. The van der Waals surface area contributed by atoms with Crippen LogP contribution in [0.15, 0.2) is 54.9 Å². The average Bonchev–Trinajstić information content (AvgIpc) is 2.63. The smallest absolute Gasteiger partial charge is 0.224 e. The number of para-hydroxylation sites is 1. The van der Waals surface area contributed by atoms with Gasteiger partial charge >= 0.3 is 0 Å². The van der Waals surface area contributed by atoms with Crippen molar-refractivity contribution in [3.8, 4) is 11.6 Å². The highest BCUT2D eigenvalue weighted by atomic mass is 16.5. The second kappa shape index (κ2) is 8.29. The topological polar surface area (TPSA) is 44.2 Å². The van der Waals surface area contributed by atoms with E-state index < -0.39 is 0 Å². The van der Waals surface area contributed by atoms with E-state index in [1.54, 1.807) is 6.33 Å². The van der Waals surface area contributed by atoms with Gasteiger partial charge in [0.1, 0.15) is 12.1 Å². The number of nitrogens with zero attached hydrogens (tertiary/aromatic N) is 2. The van der Waals surface area contributed by atoms with Crippen molar-refractivity contribution in [1.82, 2.24) is 9.97 Å². The molecule has 0 radical (unpaired) electrons. The van der Waals surface area contributed by atoms with Crippen LogP contribution in [0, 0.1) is 0 Å².